The summed E-state index contributed by atoms with van der Waals surface area (Å²) in [5.74, 6) is -2.19. The number of aryl methyl sites for hydroxylation is 1. The van der Waals surface area contributed by atoms with Gasteiger partial charge < -0.3 is 25.0 Å². The summed E-state index contributed by atoms with van der Waals surface area (Å²) in [5.41, 5.74) is 0.547. The van der Waals surface area contributed by atoms with Gasteiger partial charge in [0.15, 0.2) is 0 Å². The molecule has 0 aromatic heterocycles. The summed E-state index contributed by atoms with van der Waals surface area (Å²) in [6.07, 6.45) is -0.839. The van der Waals surface area contributed by atoms with Gasteiger partial charge in [0.2, 0.25) is 11.8 Å². The van der Waals surface area contributed by atoms with Crippen molar-refractivity contribution in [3.63, 3.8) is 0 Å². The monoisotopic (exact) mass is 478 g/mol. The molecule has 0 saturated carbocycles. The van der Waals surface area contributed by atoms with Crippen molar-refractivity contribution in [3.8, 4) is 6.07 Å². The van der Waals surface area contributed by atoms with E-state index in [4.69, 9.17) is 4.74 Å². The number of hydrogen-bond donors (Lipinski definition) is 3. The van der Waals surface area contributed by atoms with Gasteiger partial charge in [-0.2, -0.15) is 17.9 Å². The van der Waals surface area contributed by atoms with Crippen LogP contribution in [0.3, 0.4) is 0 Å². The maximum absolute atomic E-state index is 13.3. The second-order valence-electron chi connectivity index (χ2n) is 8.11. The molecular formula is C22H30N4O6S. The Morgan fingerprint density at radius 3 is 2.27 bits per heavy atom. The van der Waals surface area contributed by atoms with Crippen LogP contribution in [0.1, 0.15) is 37.9 Å². The van der Waals surface area contributed by atoms with Gasteiger partial charge in [0.1, 0.15) is 30.8 Å². The molecule has 1 aromatic carbocycles. The number of amides is 3. The lowest BCUT2D eigenvalue weighted by atomic mass is 10.0. The molecule has 0 saturated heterocycles. The van der Waals surface area contributed by atoms with E-state index in [1.165, 1.54) is 7.11 Å². The minimum Gasteiger partial charge on any atom is -0.468 e. The zero-order chi connectivity index (χ0) is 25.2. The average molecular weight is 479 g/mol. The van der Waals surface area contributed by atoms with Crippen molar-refractivity contribution in [3.05, 3.63) is 35.4 Å². The molecule has 0 aliphatic heterocycles. The van der Waals surface area contributed by atoms with Crippen molar-refractivity contribution in [2.24, 2.45) is 0 Å². The molecule has 1 aromatic rings. The Morgan fingerprint density at radius 2 is 1.79 bits per heavy atom. The Hall–Kier alpha value is -3.26. The number of rotatable bonds is 9. The van der Waals surface area contributed by atoms with Crippen molar-refractivity contribution in [2.75, 3.05) is 26.0 Å². The maximum Gasteiger partial charge on any atom is 0.408 e. The van der Waals surface area contributed by atoms with E-state index in [-0.39, 0.29) is 5.75 Å². The van der Waals surface area contributed by atoms with Gasteiger partial charge >= 0.3 is 12.1 Å². The largest absolute Gasteiger partial charge is 0.468 e. The summed E-state index contributed by atoms with van der Waals surface area (Å²) in [5, 5.41) is 14.2. The summed E-state index contributed by atoms with van der Waals surface area (Å²) in [6, 6.07) is 6.25. The lowest BCUT2D eigenvalue weighted by Crippen LogP contribution is -2.54. The first-order valence-electron chi connectivity index (χ1n) is 10.1. The molecule has 3 amide bonds. The van der Waals surface area contributed by atoms with Crippen LogP contribution in [0, 0.1) is 18.3 Å². The van der Waals surface area contributed by atoms with Crippen LogP contribution >= 0.6 is 12.6 Å². The predicted molar refractivity (Wildman–Crippen MR) is 123 cm³/mol. The van der Waals surface area contributed by atoms with Gasteiger partial charge in [0.25, 0.3) is 0 Å². The lowest BCUT2D eigenvalue weighted by molar-refractivity contribution is -0.144. The fourth-order valence-electron chi connectivity index (χ4n) is 2.76. The second kappa shape index (κ2) is 12.7. The van der Waals surface area contributed by atoms with Crippen molar-refractivity contribution >= 4 is 36.5 Å². The van der Waals surface area contributed by atoms with Gasteiger partial charge in [-0.05, 0) is 33.3 Å². The van der Waals surface area contributed by atoms with Crippen LogP contribution in [0.4, 0.5) is 4.79 Å². The third-order valence-electron chi connectivity index (χ3n) is 4.28. The van der Waals surface area contributed by atoms with Crippen molar-refractivity contribution < 1.29 is 28.7 Å². The number of thiol groups is 1. The van der Waals surface area contributed by atoms with Crippen molar-refractivity contribution in [1.29, 1.82) is 5.26 Å². The fourth-order valence-corrected chi connectivity index (χ4v) is 3.01. The van der Waals surface area contributed by atoms with Crippen molar-refractivity contribution in [2.45, 2.75) is 45.4 Å². The molecule has 2 unspecified atom stereocenters. The number of nitrogens with one attached hydrogen (secondary N) is 2. The zero-order valence-electron chi connectivity index (χ0n) is 19.4. The highest BCUT2D eigenvalue weighted by molar-refractivity contribution is 7.80. The molecule has 2 atom stereocenters. The highest BCUT2D eigenvalue weighted by Gasteiger charge is 2.36. The van der Waals surface area contributed by atoms with E-state index in [9.17, 15) is 24.4 Å². The first-order chi connectivity index (χ1) is 15.4. The molecule has 0 fully saturated rings. The second-order valence-corrected chi connectivity index (χ2v) is 8.48. The molecule has 0 heterocycles. The van der Waals surface area contributed by atoms with Crippen molar-refractivity contribution in [1.82, 2.24) is 15.5 Å². The van der Waals surface area contributed by atoms with E-state index < -0.39 is 54.7 Å². The molecule has 11 heteroatoms. The number of benzene rings is 1. The first kappa shape index (κ1) is 27.8. The Labute approximate surface area is 199 Å². The number of carbonyl (C=O) groups excluding carboxylic acids is 4. The van der Waals surface area contributed by atoms with Gasteiger partial charge in [-0.25, -0.2) is 4.79 Å². The number of alkyl carbamates (subject to hydrolysis) is 1. The minimum atomic E-state index is -1.25. The standard InChI is InChI=1S/C22H30N4O6S/c1-14-6-8-15(9-7-14)18(19(28)24-12-17(27)31-5)26(11-10-23)20(29)16(13-33)25-21(30)32-22(2,3)4/h6-9,16,18,33H,11-13H2,1-5H3,(H,24,28)(H,25,30). The molecule has 180 valence electrons. The fraction of sp³-hybridized carbons (Fsp3) is 0.500. The van der Waals surface area contributed by atoms with E-state index in [1.807, 2.05) is 13.0 Å². The third kappa shape index (κ3) is 9.02. The number of ether oxygens (including phenoxy) is 2. The van der Waals surface area contributed by atoms with Crippen LogP contribution in [-0.2, 0) is 23.9 Å². The molecule has 0 bridgehead atoms. The van der Waals surface area contributed by atoms with E-state index in [2.05, 4.69) is 28.0 Å². The SMILES string of the molecule is COC(=O)CNC(=O)C(c1ccc(C)cc1)N(CC#N)C(=O)C(CS)NC(=O)OC(C)(C)C. The van der Waals surface area contributed by atoms with Gasteiger partial charge in [-0.15, -0.1) is 0 Å². The Balaban J connectivity index is 3.29. The van der Waals surface area contributed by atoms with Gasteiger partial charge in [-0.1, -0.05) is 29.8 Å². The quantitative estimate of drug-likeness (QED) is 0.278. The maximum atomic E-state index is 13.3. The van der Waals surface area contributed by atoms with Gasteiger partial charge in [0.05, 0.1) is 13.2 Å². The molecule has 0 aliphatic rings. The minimum absolute atomic E-state index is 0.107. The number of nitrogens with zero attached hydrogens (tertiary/aromatic N) is 2. The Morgan fingerprint density at radius 1 is 1.18 bits per heavy atom. The summed E-state index contributed by atoms with van der Waals surface area (Å²) in [4.78, 5) is 51.1. The van der Waals surface area contributed by atoms with Crippen LogP contribution in [0.15, 0.2) is 24.3 Å². The Bertz CT molecular complexity index is 892. The predicted octanol–water partition coefficient (Wildman–Crippen LogP) is 1.50. The van der Waals surface area contributed by atoms with E-state index >= 15 is 0 Å². The Kier molecular flexibility index (Phi) is 10.7. The number of nitriles is 1. The van der Waals surface area contributed by atoms with Crippen LogP contribution in [0.25, 0.3) is 0 Å². The van der Waals surface area contributed by atoms with E-state index in [0.717, 1.165) is 10.5 Å². The number of methoxy groups -OCH3 is 1. The number of esters is 1. The molecular weight excluding hydrogens is 448 g/mol. The van der Waals surface area contributed by atoms with E-state index in [1.54, 1.807) is 45.0 Å². The number of hydrogen-bond acceptors (Lipinski definition) is 8. The highest BCUT2D eigenvalue weighted by atomic mass is 32.1. The lowest BCUT2D eigenvalue weighted by Gasteiger charge is -2.32. The molecule has 0 aliphatic carbocycles. The summed E-state index contributed by atoms with van der Waals surface area (Å²) in [6.45, 7) is 6.00. The summed E-state index contributed by atoms with van der Waals surface area (Å²) >= 11 is 4.14. The topological polar surface area (TPSA) is 138 Å². The number of carbonyl (C=O) groups is 4. The molecule has 10 nitrogen and oxygen atoms in total. The van der Waals surface area contributed by atoms with Crippen LogP contribution < -0.4 is 10.6 Å². The molecule has 0 spiro atoms. The van der Waals surface area contributed by atoms with Crippen LogP contribution in [0.5, 0.6) is 0 Å². The molecule has 1 rings (SSSR count). The summed E-state index contributed by atoms with van der Waals surface area (Å²) < 4.78 is 9.73. The first-order valence-corrected chi connectivity index (χ1v) is 10.8. The van der Waals surface area contributed by atoms with Crippen LogP contribution in [0.2, 0.25) is 0 Å². The molecule has 2 N–H and O–H groups in total. The zero-order valence-corrected chi connectivity index (χ0v) is 20.3. The molecule has 0 radical (unpaired) electrons. The summed E-state index contributed by atoms with van der Waals surface area (Å²) in [7, 11) is 1.18. The van der Waals surface area contributed by atoms with Gasteiger partial charge in [-0.3, -0.25) is 14.4 Å². The third-order valence-corrected chi connectivity index (χ3v) is 4.65. The molecule has 33 heavy (non-hydrogen) atoms. The van der Waals surface area contributed by atoms with Gasteiger partial charge in [0, 0.05) is 5.75 Å². The van der Waals surface area contributed by atoms with Crippen LogP contribution in [-0.4, -0.2) is 66.4 Å². The smallest absolute Gasteiger partial charge is 0.408 e. The van der Waals surface area contributed by atoms with E-state index in [0.29, 0.717) is 5.56 Å². The normalized spacial score (nSPS) is 12.5. The average Bonchev–Trinajstić information content (AvgIpc) is 2.74. The highest BCUT2D eigenvalue weighted by Crippen LogP contribution is 2.23.